The number of benzene rings is 1. The number of primary amides is 1. The summed E-state index contributed by atoms with van der Waals surface area (Å²) in [4.78, 5) is 26.9. The summed E-state index contributed by atoms with van der Waals surface area (Å²) >= 11 is 0. The van der Waals surface area contributed by atoms with Gasteiger partial charge in [-0.3, -0.25) is 19.3 Å². The van der Waals surface area contributed by atoms with Crippen LogP contribution in [-0.2, 0) is 11.8 Å². The molecule has 1 unspecified atom stereocenters. The molecule has 0 saturated carbocycles. The number of rotatable bonds is 4. The SMILES string of the molecule is CN(C(N)=O)c1ccc(OC2CCCN(c3ccn(C)n3)C2=O)cc1. The molecule has 0 aliphatic carbocycles. The van der Waals surface area contributed by atoms with Crippen LogP contribution >= 0.6 is 0 Å². The molecule has 1 saturated heterocycles. The predicted molar refractivity (Wildman–Crippen MR) is 93.6 cm³/mol. The molecule has 0 spiro atoms. The molecule has 1 fully saturated rings. The Hall–Kier alpha value is -3.03. The number of piperidine rings is 1. The van der Waals surface area contributed by atoms with E-state index in [-0.39, 0.29) is 5.91 Å². The van der Waals surface area contributed by atoms with Crippen molar-refractivity contribution in [1.82, 2.24) is 9.78 Å². The quantitative estimate of drug-likeness (QED) is 0.910. The molecule has 8 nitrogen and oxygen atoms in total. The summed E-state index contributed by atoms with van der Waals surface area (Å²) < 4.78 is 7.53. The van der Waals surface area contributed by atoms with Crippen LogP contribution in [-0.4, -0.2) is 41.4 Å². The zero-order chi connectivity index (χ0) is 18.0. The lowest BCUT2D eigenvalue weighted by Crippen LogP contribution is -2.47. The van der Waals surface area contributed by atoms with E-state index in [0.29, 0.717) is 30.2 Å². The highest BCUT2D eigenvalue weighted by molar-refractivity contribution is 5.96. The van der Waals surface area contributed by atoms with Gasteiger partial charge in [0.1, 0.15) is 5.75 Å². The molecule has 132 valence electrons. The van der Waals surface area contributed by atoms with Crippen LogP contribution in [0.2, 0.25) is 0 Å². The van der Waals surface area contributed by atoms with Gasteiger partial charge in [-0.15, -0.1) is 0 Å². The van der Waals surface area contributed by atoms with E-state index in [9.17, 15) is 9.59 Å². The first kappa shape index (κ1) is 16.8. The molecule has 2 aromatic rings. The number of nitrogens with zero attached hydrogens (tertiary/aromatic N) is 4. The molecular weight excluding hydrogens is 322 g/mol. The highest BCUT2D eigenvalue weighted by Gasteiger charge is 2.32. The fourth-order valence-electron chi connectivity index (χ4n) is 2.77. The van der Waals surface area contributed by atoms with Crippen LogP contribution in [0.25, 0.3) is 0 Å². The van der Waals surface area contributed by atoms with Crippen LogP contribution in [0.5, 0.6) is 5.75 Å². The topological polar surface area (TPSA) is 93.7 Å². The summed E-state index contributed by atoms with van der Waals surface area (Å²) in [5.74, 6) is 1.12. The molecule has 1 aromatic carbocycles. The van der Waals surface area contributed by atoms with Crippen molar-refractivity contribution < 1.29 is 14.3 Å². The lowest BCUT2D eigenvalue weighted by atomic mass is 10.1. The standard InChI is InChI=1S/C17H21N5O3/c1-20-11-9-15(19-20)22-10-3-4-14(16(22)23)25-13-7-5-12(6-8-13)21(2)17(18)24/h5-9,11,14H,3-4,10H2,1-2H3,(H2,18,24). The summed E-state index contributed by atoms with van der Waals surface area (Å²) in [6.07, 6.45) is 2.76. The van der Waals surface area contributed by atoms with Crippen LogP contribution in [0, 0.1) is 0 Å². The summed E-state index contributed by atoms with van der Waals surface area (Å²) in [6.45, 7) is 0.637. The highest BCUT2D eigenvalue weighted by atomic mass is 16.5. The van der Waals surface area contributed by atoms with E-state index in [1.54, 1.807) is 47.1 Å². The summed E-state index contributed by atoms with van der Waals surface area (Å²) in [5, 5.41) is 4.29. The van der Waals surface area contributed by atoms with Crippen molar-refractivity contribution in [3.05, 3.63) is 36.5 Å². The Bertz CT molecular complexity index is 771. The van der Waals surface area contributed by atoms with Crippen molar-refractivity contribution in [3.63, 3.8) is 0 Å². The number of carbonyl (C=O) groups is 2. The molecule has 3 amide bonds. The second-order valence-corrected chi connectivity index (χ2v) is 5.98. The van der Waals surface area contributed by atoms with E-state index < -0.39 is 12.1 Å². The Kier molecular flexibility index (Phi) is 4.60. The van der Waals surface area contributed by atoms with Crippen molar-refractivity contribution in [2.24, 2.45) is 12.8 Å². The molecule has 2 heterocycles. The number of carbonyl (C=O) groups excluding carboxylic acids is 2. The molecule has 2 N–H and O–H groups in total. The number of aryl methyl sites for hydroxylation is 1. The van der Waals surface area contributed by atoms with Crippen molar-refractivity contribution >= 4 is 23.4 Å². The van der Waals surface area contributed by atoms with E-state index in [1.165, 1.54) is 4.90 Å². The smallest absolute Gasteiger partial charge is 0.318 e. The third-order valence-electron chi connectivity index (χ3n) is 4.20. The Labute approximate surface area is 145 Å². The number of ether oxygens (including phenoxy) is 1. The van der Waals surface area contributed by atoms with Gasteiger partial charge in [0.2, 0.25) is 0 Å². The minimum absolute atomic E-state index is 0.0942. The maximum absolute atomic E-state index is 12.7. The number of amides is 3. The molecular formula is C17H21N5O3. The van der Waals surface area contributed by atoms with Crippen LogP contribution in [0.4, 0.5) is 16.3 Å². The average Bonchev–Trinajstić information content (AvgIpc) is 3.03. The fraction of sp³-hybridized carbons (Fsp3) is 0.353. The predicted octanol–water partition coefficient (Wildman–Crippen LogP) is 1.51. The van der Waals surface area contributed by atoms with E-state index >= 15 is 0 Å². The number of nitrogens with two attached hydrogens (primary N) is 1. The van der Waals surface area contributed by atoms with Gasteiger partial charge in [0.15, 0.2) is 11.9 Å². The summed E-state index contributed by atoms with van der Waals surface area (Å²) in [6, 6.07) is 8.17. The third-order valence-corrected chi connectivity index (χ3v) is 4.20. The minimum atomic E-state index is -0.546. The van der Waals surface area contributed by atoms with Crippen molar-refractivity contribution in [3.8, 4) is 5.75 Å². The van der Waals surface area contributed by atoms with Gasteiger partial charge in [0, 0.05) is 38.6 Å². The third kappa shape index (κ3) is 3.57. The molecule has 1 aliphatic heterocycles. The van der Waals surface area contributed by atoms with Gasteiger partial charge >= 0.3 is 6.03 Å². The Balaban J connectivity index is 1.69. The van der Waals surface area contributed by atoms with Gasteiger partial charge in [-0.1, -0.05) is 0 Å². The highest BCUT2D eigenvalue weighted by Crippen LogP contribution is 2.24. The van der Waals surface area contributed by atoms with Crippen molar-refractivity contribution in [1.29, 1.82) is 0 Å². The van der Waals surface area contributed by atoms with Crippen LogP contribution < -0.4 is 20.3 Å². The summed E-state index contributed by atoms with van der Waals surface area (Å²) in [5.41, 5.74) is 5.90. The van der Waals surface area contributed by atoms with Gasteiger partial charge < -0.3 is 10.5 Å². The zero-order valence-electron chi connectivity index (χ0n) is 14.3. The van der Waals surface area contributed by atoms with Crippen LogP contribution in [0.15, 0.2) is 36.5 Å². The maximum Gasteiger partial charge on any atom is 0.318 e. The van der Waals surface area contributed by atoms with E-state index in [4.69, 9.17) is 10.5 Å². The molecule has 1 atom stereocenters. The van der Waals surface area contributed by atoms with Crippen LogP contribution in [0.3, 0.4) is 0 Å². The second kappa shape index (κ2) is 6.84. The Morgan fingerprint density at radius 2 is 2.04 bits per heavy atom. The van der Waals surface area contributed by atoms with Gasteiger partial charge in [-0.25, -0.2) is 4.79 Å². The second-order valence-electron chi connectivity index (χ2n) is 5.98. The van der Waals surface area contributed by atoms with Gasteiger partial charge in [0.25, 0.3) is 5.91 Å². The van der Waals surface area contributed by atoms with E-state index in [0.717, 1.165) is 6.42 Å². The number of urea groups is 1. The largest absolute Gasteiger partial charge is 0.481 e. The zero-order valence-corrected chi connectivity index (χ0v) is 14.3. The fourth-order valence-corrected chi connectivity index (χ4v) is 2.77. The molecule has 0 radical (unpaired) electrons. The van der Waals surface area contributed by atoms with Crippen molar-refractivity contribution in [2.45, 2.75) is 18.9 Å². The maximum atomic E-state index is 12.7. The van der Waals surface area contributed by atoms with Crippen LogP contribution in [0.1, 0.15) is 12.8 Å². The number of anilines is 2. The molecule has 25 heavy (non-hydrogen) atoms. The average molecular weight is 343 g/mol. The molecule has 1 aliphatic rings. The Morgan fingerprint density at radius 1 is 1.32 bits per heavy atom. The Morgan fingerprint density at radius 3 is 2.64 bits per heavy atom. The number of aromatic nitrogens is 2. The molecule has 8 heteroatoms. The molecule has 1 aromatic heterocycles. The first-order valence-corrected chi connectivity index (χ1v) is 8.06. The normalized spacial score (nSPS) is 17.4. The lowest BCUT2D eigenvalue weighted by Gasteiger charge is -2.31. The van der Waals surface area contributed by atoms with E-state index in [1.807, 2.05) is 13.1 Å². The van der Waals surface area contributed by atoms with Gasteiger partial charge in [-0.2, -0.15) is 5.10 Å². The first-order chi connectivity index (χ1) is 12.0. The number of hydrogen-bond acceptors (Lipinski definition) is 4. The van der Waals surface area contributed by atoms with Gasteiger partial charge in [0.05, 0.1) is 0 Å². The lowest BCUT2D eigenvalue weighted by molar-refractivity contribution is -0.127. The molecule has 0 bridgehead atoms. The molecule has 3 rings (SSSR count). The number of hydrogen-bond donors (Lipinski definition) is 1. The van der Waals surface area contributed by atoms with E-state index in [2.05, 4.69) is 5.10 Å². The summed E-state index contributed by atoms with van der Waals surface area (Å²) in [7, 11) is 3.41. The minimum Gasteiger partial charge on any atom is -0.481 e. The monoisotopic (exact) mass is 343 g/mol. The van der Waals surface area contributed by atoms with Crippen molar-refractivity contribution in [2.75, 3.05) is 23.4 Å². The van der Waals surface area contributed by atoms with Gasteiger partial charge in [-0.05, 0) is 37.1 Å². The first-order valence-electron chi connectivity index (χ1n) is 8.06.